The number of amides is 1. The Kier molecular flexibility index (Phi) is 10.8. The van der Waals surface area contributed by atoms with Crippen LogP contribution >= 0.6 is 0 Å². The highest BCUT2D eigenvalue weighted by molar-refractivity contribution is 5.89. The van der Waals surface area contributed by atoms with Crippen LogP contribution in [0.25, 0.3) is 10.8 Å². The van der Waals surface area contributed by atoms with Crippen molar-refractivity contribution in [3.05, 3.63) is 66.0 Å². The Morgan fingerprint density at radius 2 is 1.82 bits per heavy atom. The van der Waals surface area contributed by atoms with Gasteiger partial charge in [0.1, 0.15) is 18.2 Å². The van der Waals surface area contributed by atoms with E-state index in [1.807, 2.05) is 30.3 Å². The highest BCUT2D eigenvalue weighted by atomic mass is 16.5. The van der Waals surface area contributed by atoms with Crippen molar-refractivity contribution in [1.82, 2.24) is 9.47 Å². The lowest BCUT2D eigenvalue weighted by molar-refractivity contribution is -0.158. The summed E-state index contributed by atoms with van der Waals surface area (Å²) in [5.74, 6) is -1.02. The number of carbonyl (C=O) groups is 3. The third-order valence-electron chi connectivity index (χ3n) is 9.86. The van der Waals surface area contributed by atoms with Gasteiger partial charge in [-0.3, -0.25) is 19.0 Å². The molecule has 0 unspecified atom stereocenters. The van der Waals surface area contributed by atoms with Crippen molar-refractivity contribution in [3.63, 3.8) is 0 Å². The van der Waals surface area contributed by atoms with Crippen LogP contribution in [0.3, 0.4) is 0 Å². The Balaban J connectivity index is 1.37. The number of fused-ring (bicyclic) bond motifs is 1. The second-order valence-corrected chi connectivity index (χ2v) is 12.7. The molecule has 0 spiro atoms. The molecule has 0 radical (unpaired) electrons. The molecule has 2 saturated carbocycles. The fraction of sp³-hybridized carbons (Fsp3) is 0.556. The number of aromatic nitrogens is 1. The summed E-state index contributed by atoms with van der Waals surface area (Å²) in [6.07, 6.45) is 11.1. The van der Waals surface area contributed by atoms with Crippen molar-refractivity contribution in [2.24, 2.45) is 17.8 Å². The zero-order valence-corrected chi connectivity index (χ0v) is 26.4. The van der Waals surface area contributed by atoms with Gasteiger partial charge in [0.15, 0.2) is 5.88 Å². The molecule has 1 aliphatic heterocycles. The molecule has 0 bridgehead atoms. The Labute approximate surface area is 265 Å². The summed E-state index contributed by atoms with van der Waals surface area (Å²) in [4.78, 5) is 55.6. The average molecular weight is 619 g/mol. The molecule has 2 heterocycles. The van der Waals surface area contributed by atoms with E-state index in [2.05, 4.69) is 13.2 Å². The molecule has 5 rings (SSSR count). The molecule has 9 nitrogen and oxygen atoms in total. The van der Waals surface area contributed by atoms with Crippen molar-refractivity contribution in [2.45, 2.75) is 95.4 Å². The summed E-state index contributed by atoms with van der Waals surface area (Å²) in [5, 5.41) is 1.34. The maximum atomic E-state index is 14.3. The lowest BCUT2D eigenvalue weighted by Gasteiger charge is -2.30. The van der Waals surface area contributed by atoms with Crippen molar-refractivity contribution < 1.29 is 28.6 Å². The average Bonchev–Trinajstić information content (AvgIpc) is 3.82. The number of hydrogen-bond donors (Lipinski definition) is 0. The van der Waals surface area contributed by atoms with E-state index in [1.54, 1.807) is 16.7 Å². The first-order valence-electron chi connectivity index (χ1n) is 16.4. The van der Waals surface area contributed by atoms with Gasteiger partial charge in [-0.25, -0.2) is 4.79 Å². The van der Waals surface area contributed by atoms with Crippen LogP contribution in [0.1, 0.15) is 70.6 Å². The van der Waals surface area contributed by atoms with Gasteiger partial charge in [0.05, 0.1) is 26.0 Å². The standard InChI is InChI=1S/C36H46N2O7/c1-4-6-19-37-32(20-26-15-9-10-17-28(26)34(37)40)44-27-21-30(36(42)43-3)38(23-27)35(41)29(24-13-7-8-14-24)22-33(39)45-31-18-11-16-25(31)12-5-2/h4-5,9-10,15,17,20,24-25,27,29-31H,1-2,6-8,11-14,16,18-19,21-23H2,3H3/t25-,27-,29+,30+,31-/m1/s1. The van der Waals surface area contributed by atoms with Crippen molar-refractivity contribution in [1.29, 1.82) is 0 Å². The number of ether oxygens (including phenoxy) is 3. The molecule has 1 aromatic carbocycles. The number of rotatable bonds is 13. The number of methoxy groups -OCH3 is 1. The minimum absolute atomic E-state index is 0.0114. The van der Waals surface area contributed by atoms with E-state index in [-0.39, 0.29) is 54.8 Å². The lowest BCUT2D eigenvalue weighted by atomic mass is 9.86. The van der Waals surface area contributed by atoms with E-state index in [0.29, 0.717) is 24.2 Å². The van der Waals surface area contributed by atoms with Crippen LogP contribution in [0.15, 0.2) is 60.4 Å². The van der Waals surface area contributed by atoms with E-state index < -0.39 is 24.0 Å². The predicted octanol–water partition coefficient (Wildman–Crippen LogP) is 5.58. The molecule has 5 atom stereocenters. The summed E-state index contributed by atoms with van der Waals surface area (Å²) in [6, 6.07) is 8.32. The van der Waals surface area contributed by atoms with Gasteiger partial charge in [0.25, 0.3) is 5.56 Å². The second-order valence-electron chi connectivity index (χ2n) is 12.7. The fourth-order valence-corrected chi connectivity index (χ4v) is 7.53. The molecule has 1 saturated heterocycles. The SMILES string of the molecule is C=CCCn1c(O[C@@H]2C[C@@H](C(=O)OC)N(C(=O)[C@@H](CC(=O)O[C@@H]3CCC[C@H]3CC=C)C3CCCC3)C2)cc2ccccc2c1=O. The Bertz CT molecular complexity index is 1460. The first-order valence-corrected chi connectivity index (χ1v) is 16.4. The molecule has 1 aromatic heterocycles. The van der Waals surface area contributed by atoms with Gasteiger partial charge in [-0.2, -0.15) is 0 Å². The Hall–Kier alpha value is -3.88. The number of nitrogens with zero attached hydrogens (tertiary/aromatic N) is 2. The zero-order valence-electron chi connectivity index (χ0n) is 26.4. The largest absolute Gasteiger partial charge is 0.473 e. The number of benzene rings is 1. The van der Waals surface area contributed by atoms with E-state index >= 15 is 0 Å². The van der Waals surface area contributed by atoms with Crippen LogP contribution in [0.5, 0.6) is 5.88 Å². The summed E-state index contributed by atoms with van der Waals surface area (Å²) in [6.45, 7) is 8.16. The van der Waals surface area contributed by atoms with E-state index in [0.717, 1.165) is 56.8 Å². The van der Waals surface area contributed by atoms with E-state index in [1.165, 1.54) is 12.0 Å². The van der Waals surface area contributed by atoms with Crippen LogP contribution < -0.4 is 10.3 Å². The molecule has 2 aromatic rings. The minimum atomic E-state index is -0.854. The number of likely N-dealkylation sites (tertiary alicyclic amines) is 1. The van der Waals surface area contributed by atoms with Crippen LogP contribution in [0.2, 0.25) is 0 Å². The maximum absolute atomic E-state index is 14.3. The van der Waals surface area contributed by atoms with Gasteiger partial charge in [0.2, 0.25) is 5.91 Å². The maximum Gasteiger partial charge on any atom is 0.328 e. The van der Waals surface area contributed by atoms with E-state index in [9.17, 15) is 19.2 Å². The topological polar surface area (TPSA) is 104 Å². The van der Waals surface area contributed by atoms with Gasteiger partial charge in [0, 0.05) is 24.4 Å². The van der Waals surface area contributed by atoms with Crippen molar-refractivity contribution >= 4 is 28.6 Å². The highest BCUT2D eigenvalue weighted by Gasteiger charge is 2.46. The molecular formula is C36H46N2O7. The summed E-state index contributed by atoms with van der Waals surface area (Å²) >= 11 is 0. The monoisotopic (exact) mass is 618 g/mol. The number of carbonyl (C=O) groups excluding carboxylic acids is 3. The molecule has 0 N–H and O–H groups in total. The summed E-state index contributed by atoms with van der Waals surface area (Å²) in [7, 11) is 1.31. The highest BCUT2D eigenvalue weighted by Crippen LogP contribution is 2.38. The molecule has 2 aliphatic carbocycles. The number of hydrogen-bond acceptors (Lipinski definition) is 7. The van der Waals surface area contributed by atoms with Gasteiger partial charge in [-0.15, -0.1) is 13.2 Å². The molecule has 3 aliphatic rings. The number of allylic oxidation sites excluding steroid dienone is 2. The fourth-order valence-electron chi connectivity index (χ4n) is 7.53. The molecule has 242 valence electrons. The zero-order chi connectivity index (χ0) is 31.9. The molecule has 45 heavy (non-hydrogen) atoms. The normalized spacial score (nSPS) is 24.0. The van der Waals surface area contributed by atoms with Gasteiger partial charge < -0.3 is 19.1 Å². The number of esters is 2. The predicted molar refractivity (Wildman–Crippen MR) is 172 cm³/mol. The molecule has 3 fully saturated rings. The Morgan fingerprint density at radius 3 is 2.56 bits per heavy atom. The lowest BCUT2D eigenvalue weighted by Crippen LogP contribution is -2.46. The molecular weight excluding hydrogens is 572 g/mol. The van der Waals surface area contributed by atoms with Crippen molar-refractivity contribution in [3.8, 4) is 5.88 Å². The minimum Gasteiger partial charge on any atom is -0.473 e. The van der Waals surface area contributed by atoms with Crippen molar-refractivity contribution in [2.75, 3.05) is 13.7 Å². The smallest absolute Gasteiger partial charge is 0.328 e. The molecule has 1 amide bonds. The van der Waals surface area contributed by atoms with Crippen LogP contribution in [0, 0.1) is 17.8 Å². The van der Waals surface area contributed by atoms with Gasteiger partial charge in [-0.05, 0) is 68.2 Å². The number of pyridine rings is 1. The van der Waals surface area contributed by atoms with Crippen LogP contribution in [0.4, 0.5) is 0 Å². The third kappa shape index (κ3) is 7.34. The summed E-state index contributed by atoms with van der Waals surface area (Å²) in [5.41, 5.74) is -0.169. The first kappa shape index (κ1) is 32.5. The quantitative estimate of drug-likeness (QED) is 0.213. The van der Waals surface area contributed by atoms with E-state index in [4.69, 9.17) is 14.2 Å². The summed E-state index contributed by atoms with van der Waals surface area (Å²) < 4.78 is 19.1. The first-order chi connectivity index (χ1) is 21.8. The Morgan fingerprint density at radius 1 is 1.04 bits per heavy atom. The van der Waals surface area contributed by atoms with Gasteiger partial charge in [-0.1, -0.05) is 43.2 Å². The second kappa shape index (κ2) is 14.9. The van der Waals surface area contributed by atoms with Crippen LogP contribution in [-0.2, 0) is 30.4 Å². The van der Waals surface area contributed by atoms with Crippen LogP contribution in [-0.4, -0.2) is 59.2 Å². The molecule has 9 heteroatoms. The third-order valence-corrected chi connectivity index (χ3v) is 9.86. The van der Waals surface area contributed by atoms with Gasteiger partial charge >= 0.3 is 11.9 Å².